The zero-order valence-electron chi connectivity index (χ0n) is 9.09. The number of methoxy groups -OCH3 is 1. The molecule has 1 atom stereocenters. The highest BCUT2D eigenvalue weighted by molar-refractivity contribution is 6.30. The Labute approximate surface area is 95.2 Å². The van der Waals surface area contributed by atoms with E-state index in [1.807, 2.05) is 0 Å². The molecule has 0 fully saturated rings. The van der Waals surface area contributed by atoms with Gasteiger partial charge < -0.3 is 4.74 Å². The fourth-order valence-electron chi connectivity index (χ4n) is 1.66. The van der Waals surface area contributed by atoms with Crippen LogP contribution in [0.2, 0.25) is 5.02 Å². The van der Waals surface area contributed by atoms with Crippen LogP contribution in [0.25, 0.3) is 0 Å². The van der Waals surface area contributed by atoms with Crippen molar-refractivity contribution in [3.05, 3.63) is 34.6 Å². The fraction of sp³-hybridized carbons (Fsp3) is 0.500. The Hall–Kier alpha value is -0.600. The van der Waals surface area contributed by atoms with Gasteiger partial charge in [-0.2, -0.15) is 0 Å². The summed E-state index contributed by atoms with van der Waals surface area (Å²) in [7, 11) is 1.67. The second-order valence-electron chi connectivity index (χ2n) is 3.61. The van der Waals surface area contributed by atoms with E-state index in [4.69, 9.17) is 16.3 Å². The molecule has 1 aromatic carbocycles. The van der Waals surface area contributed by atoms with Crippen LogP contribution in [-0.4, -0.2) is 13.7 Å². The monoisotopic (exact) mass is 230 g/mol. The molecule has 0 aromatic heterocycles. The first-order valence-electron chi connectivity index (χ1n) is 5.13. The van der Waals surface area contributed by atoms with Crippen LogP contribution in [0.4, 0.5) is 4.39 Å². The molecule has 0 spiro atoms. The first-order chi connectivity index (χ1) is 7.19. The van der Waals surface area contributed by atoms with Gasteiger partial charge in [0.1, 0.15) is 5.82 Å². The van der Waals surface area contributed by atoms with Crippen LogP contribution < -0.4 is 0 Å². The average Bonchev–Trinajstić information content (AvgIpc) is 2.22. The molecule has 0 saturated carbocycles. The number of halogens is 2. The third-order valence-corrected chi connectivity index (χ3v) is 2.71. The molecule has 0 unspecified atom stereocenters. The average molecular weight is 231 g/mol. The Kier molecular flexibility index (Phi) is 5.06. The predicted octanol–water partition coefficient (Wildman–Crippen LogP) is 4.01. The minimum absolute atomic E-state index is 0.185. The van der Waals surface area contributed by atoms with Crippen molar-refractivity contribution in [1.82, 2.24) is 0 Å². The second-order valence-corrected chi connectivity index (χ2v) is 4.02. The molecule has 1 rings (SSSR count). The van der Waals surface area contributed by atoms with Crippen molar-refractivity contribution >= 4 is 11.6 Å². The lowest BCUT2D eigenvalue weighted by Crippen LogP contribution is -2.06. The van der Waals surface area contributed by atoms with Crippen molar-refractivity contribution in [2.24, 2.45) is 0 Å². The van der Waals surface area contributed by atoms with E-state index < -0.39 is 0 Å². The van der Waals surface area contributed by atoms with Crippen molar-refractivity contribution in [2.75, 3.05) is 13.7 Å². The lowest BCUT2D eigenvalue weighted by molar-refractivity contribution is 0.175. The summed E-state index contributed by atoms with van der Waals surface area (Å²) in [6.07, 6.45) is 2.10. The molecule has 84 valence electrons. The maximum Gasteiger partial charge on any atom is 0.141 e. The Bertz CT molecular complexity index is 308. The van der Waals surface area contributed by atoms with Crippen LogP contribution in [-0.2, 0) is 4.74 Å². The highest BCUT2D eigenvalue weighted by Crippen LogP contribution is 2.25. The van der Waals surface area contributed by atoms with Crippen LogP contribution in [0.5, 0.6) is 0 Å². The van der Waals surface area contributed by atoms with Crippen LogP contribution >= 0.6 is 11.6 Å². The van der Waals surface area contributed by atoms with E-state index in [0.717, 1.165) is 18.4 Å². The minimum atomic E-state index is -0.368. The van der Waals surface area contributed by atoms with E-state index in [1.165, 1.54) is 6.07 Å². The van der Waals surface area contributed by atoms with E-state index in [2.05, 4.69) is 6.92 Å². The zero-order valence-corrected chi connectivity index (χ0v) is 9.85. The van der Waals surface area contributed by atoms with Crippen molar-refractivity contribution in [3.63, 3.8) is 0 Å². The summed E-state index contributed by atoms with van der Waals surface area (Å²) in [6.45, 7) is 2.77. The van der Waals surface area contributed by atoms with Gasteiger partial charge in [-0.3, -0.25) is 0 Å². The summed E-state index contributed by atoms with van der Waals surface area (Å²) in [5.74, 6) is -0.0637. The fourth-order valence-corrected chi connectivity index (χ4v) is 1.85. The minimum Gasteiger partial charge on any atom is -0.384 e. The lowest BCUT2D eigenvalue weighted by Gasteiger charge is -2.15. The quantitative estimate of drug-likeness (QED) is 0.743. The topological polar surface area (TPSA) is 9.23 Å². The Morgan fingerprint density at radius 2 is 2.20 bits per heavy atom. The largest absolute Gasteiger partial charge is 0.384 e. The van der Waals surface area contributed by atoms with Crippen molar-refractivity contribution in [3.8, 4) is 0 Å². The Balaban J connectivity index is 2.85. The van der Waals surface area contributed by atoms with E-state index in [0.29, 0.717) is 12.5 Å². The summed E-state index contributed by atoms with van der Waals surface area (Å²) in [4.78, 5) is 0. The molecule has 1 aromatic rings. The molecule has 0 saturated heterocycles. The van der Waals surface area contributed by atoms with Crippen LogP contribution in [0, 0.1) is 5.82 Å². The number of hydrogen-bond donors (Lipinski definition) is 0. The van der Waals surface area contributed by atoms with Crippen molar-refractivity contribution in [1.29, 1.82) is 0 Å². The molecule has 3 heteroatoms. The van der Waals surface area contributed by atoms with Gasteiger partial charge in [-0.25, -0.2) is 4.39 Å². The van der Waals surface area contributed by atoms with Gasteiger partial charge in [0, 0.05) is 13.0 Å². The van der Waals surface area contributed by atoms with Gasteiger partial charge in [0.15, 0.2) is 0 Å². The number of hydrogen-bond acceptors (Lipinski definition) is 1. The molecule has 0 radical (unpaired) electrons. The zero-order chi connectivity index (χ0) is 11.3. The highest BCUT2D eigenvalue weighted by atomic mass is 35.5. The first kappa shape index (κ1) is 12.5. The van der Waals surface area contributed by atoms with Gasteiger partial charge in [0.05, 0.1) is 11.6 Å². The van der Waals surface area contributed by atoms with Gasteiger partial charge in [-0.15, -0.1) is 0 Å². The summed E-state index contributed by atoms with van der Waals surface area (Å²) < 4.78 is 18.1. The summed E-state index contributed by atoms with van der Waals surface area (Å²) in [5, 5.41) is 0.185. The molecular weight excluding hydrogens is 215 g/mol. The van der Waals surface area contributed by atoms with Gasteiger partial charge in [-0.05, 0) is 24.1 Å². The van der Waals surface area contributed by atoms with Gasteiger partial charge >= 0.3 is 0 Å². The normalized spacial score (nSPS) is 12.8. The molecule has 1 nitrogen and oxygen atoms in total. The summed E-state index contributed by atoms with van der Waals surface area (Å²) in [6, 6.07) is 4.88. The van der Waals surface area contributed by atoms with E-state index in [1.54, 1.807) is 19.2 Å². The summed E-state index contributed by atoms with van der Waals surface area (Å²) in [5.41, 5.74) is 1.05. The third kappa shape index (κ3) is 3.47. The summed E-state index contributed by atoms with van der Waals surface area (Å²) >= 11 is 5.74. The van der Waals surface area contributed by atoms with E-state index in [9.17, 15) is 4.39 Å². The molecule has 0 N–H and O–H groups in total. The SMILES string of the molecule is CCC[C@H](COC)c1ccc(F)c(Cl)c1. The van der Waals surface area contributed by atoms with Crippen molar-refractivity contribution in [2.45, 2.75) is 25.7 Å². The predicted molar refractivity (Wildman–Crippen MR) is 60.9 cm³/mol. The molecule has 0 aliphatic carbocycles. The lowest BCUT2D eigenvalue weighted by atomic mass is 9.95. The molecule has 0 heterocycles. The molecule has 0 aliphatic heterocycles. The first-order valence-corrected chi connectivity index (χ1v) is 5.50. The Morgan fingerprint density at radius 3 is 2.73 bits per heavy atom. The maximum absolute atomic E-state index is 13.0. The van der Waals surface area contributed by atoms with E-state index in [-0.39, 0.29) is 10.8 Å². The molecule has 0 aliphatic rings. The number of rotatable bonds is 5. The second kappa shape index (κ2) is 6.09. The van der Waals surface area contributed by atoms with Gasteiger partial charge in [0.25, 0.3) is 0 Å². The maximum atomic E-state index is 13.0. The van der Waals surface area contributed by atoms with Gasteiger partial charge in [0.2, 0.25) is 0 Å². The molecule has 0 bridgehead atoms. The van der Waals surface area contributed by atoms with Crippen LogP contribution in [0.15, 0.2) is 18.2 Å². The Morgan fingerprint density at radius 1 is 1.47 bits per heavy atom. The van der Waals surface area contributed by atoms with Gasteiger partial charge in [-0.1, -0.05) is 31.0 Å². The standard InChI is InChI=1S/C12H16ClFO/c1-3-4-10(8-15-2)9-5-6-12(14)11(13)7-9/h5-7,10H,3-4,8H2,1-2H3/t10-/m1/s1. The van der Waals surface area contributed by atoms with E-state index >= 15 is 0 Å². The molecule has 0 amide bonds. The van der Waals surface area contributed by atoms with Crippen LogP contribution in [0.1, 0.15) is 31.2 Å². The van der Waals surface area contributed by atoms with Crippen molar-refractivity contribution < 1.29 is 9.13 Å². The highest BCUT2D eigenvalue weighted by Gasteiger charge is 2.12. The molecular formula is C12H16ClFO. The van der Waals surface area contributed by atoms with Crippen LogP contribution in [0.3, 0.4) is 0 Å². The smallest absolute Gasteiger partial charge is 0.141 e. The number of ether oxygens (including phenoxy) is 1. The third-order valence-electron chi connectivity index (χ3n) is 2.42. The molecule has 15 heavy (non-hydrogen) atoms. The number of benzene rings is 1.